The van der Waals surface area contributed by atoms with Gasteiger partial charge in [0.2, 0.25) is 0 Å². The van der Waals surface area contributed by atoms with Crippen LogP contribution in [0.2, 0.25) is 5.82 Å². The first-order valence-electron chi connectivity index (χ1n) is 15.1. The lowest BCUT2D eigenvalue weighted by Gasteiger charge is -2.51. The fraction of sp³-hybridized carbons (Fsp3) is 0.968. The SMILES string of the molecule is CC(=O)C1CCC(C2CC(C)C(C3CC(C)C(B4OC(C)(C)C(C)(C)O4)CC3C)CC2C)CC1C. The number of ketones is 1. The highest BCUT2D eigenvalue weighted by Gasteiger charge is 2.56. The van der Waals surface area contributed by atoms with Crippen LogP contribution in [-0.4, -0.2) is 24.1 Å². The zero-order valence-corrected chi connectivity index (χ0v) is 24.6. The molecule has 0 radical (unpaired) electrons. The Labute approximate surface area is 217 Å². The average Bonchev–Trinajstić information content (AvgIpc) is 2.97. The van der Waals surface area contributed by atoms with Gasteiger partial charge in [-0.3, -0.25) is 4.79 Å². The van der Waals surface area contributed by atoms with Gasteiger partial charge in [-0.05, 0) is 139 Å². The first kappa shape index (κ1) is 27.7. The molecule has 1 heterocycles. The third-order valence-corrected chi connectivity index (χ3v) is 12.0. The molecule has 0 amide bonds. The molecule has 11 unspecified atom stereocenters. The monoisotopic (exact) mass is 486 g/mol. The predicted octanol–water partition coefficient (Wildman–Crippen LogP) is 8.07. The van der Waals surface area contributed by atoms with Crippen LogP contribution in [0.1, 0.15) is 114 Å². The quantitative estimate of drug-likeness (QED) is 0.377. The van der Waals surface area contributed by atoms with Gasteiger partial charge in [0, 0.05) is 5.92 Å². The van der Waals surface area contributed by atoms with Gasteiger partial charge in [0.05, 0.1) is 11.2 Å². The maximum Gasteiger partial charge on any atom is 0.461 e. The molecule has 0 aromatic rings. The molecule has 35 heavy (non-hydrogen) atoms. The van der Waals surface area contributed by atoms with Gasteiger partial charge in [0.15, 0.2) is 0 Å². The molecule has 3 saturated carbocycles. The van der Waals surface area contributed by atoms with Crippen LogP contribution in [0.15, 0.2) is 0 Å². The molecule has 4 aliphatic rings. The lowest BCUT2D eigenvalue weighted by atomic mass is 9.51. The van der Waals surface area contributed by atoms with Gasteiger partial charge in [0.1, 0.15) is 5.78 Å². The Morgan fingerprint density at radius 3 is 1.69 bits per heavy atom. The Balaban J connectivity index is 1.37. The third-order valence-electron chi connectivity index (χ3n) is 12.0. The van der Waals surface area contributed by atoms with Gasteiger partial charge >= 0.3 is 7.12 Å². The fourth-order valence-electron chi connectivity index (χ4n) is 9.07. The van der Waals surface area contributed by atoms with E-state index in [1.54, 1.807) is 6.92 Å². The van der Waals surface area contributed by atoms with E-state index in [4.69, 9.17) is 9.31 Å². The minimum Gasteiger partial charge on any atom is -0.403 e. The summed E-state index contributed by atoms with van der Waals surface area (Å²) >= 11 is 0. The zero-order chi connectivity index (χ0) is 25.9. The Kier molecular flexibility index (Phi) is 7.98. The molecule has 3 nitrogen and oxygen atoms in total. The van der Waals surface area contributed by atoms with Crippen LogP contribution in [-0.2, 0) is 14.1 Å². The van der Waals surface area contributed by atoms with Crippen LogP contribution in [0.4, 0.5) is 0 Å². The summed E-state index contributed by atoms with van der Waals surface area (Å²) in [7, 11) is -0.0578. The summed E-state index contributed by atoms with van der Waals surface area (Å²) in [6.45, 7) is 23.0. The Morgan fingerprint density at radius 1 is 0.657 bits per heavy atom. The molecule has 0 spiro atoms. The second-order valence-corrected chi connectivity index (χ2v) is 14.9. The summed E-state index contributed by atoms with van der Waals surface area (Å²) in [4.78, 5) is 12.0. The van der Waals surface area contributed by atoms with Crippen LogP contribution in [0.5, 0.6) is 0 Å². The van der Waals surface area contributed by atoms with Crippen molar-refractivity contribution in [2.75, 3.05) is 0 Å². The maximum absolute atomic E-state index is 12.0. The highest BCUT2D eigenvalue weighted by Crippen LogP contribution is 2.55. The molecule has 0 aromatic heterocycles. The number of carbonyl (C=O) groups excluding carboxylic acids is 1. The predicted molar refractivity (Wildman–Crippen MR) is 146 cm³/mol. The van der Waals surface area contributed by atoms with Gasteiger partial charge in [0.25, 0.3) is 0 Å². The van der Waals surface area contributed by atoms with E-state index in [1.807, 2.05) is 0 Å². The van der Waals surface area contributed by atoms with E-state index in [1.165, 1.54) is 38.5 Å². The van der Waals surface area contributed by atoms with E-state index in [0.29, 0.717) is 29.4 Å². The van der Waals surface area contributed by atoms with E-state index in [9.17, 15) is 4.79 Å². The smallest absolute Gasteiger partial charge is 0.403 e. The summed E-state index contributed by atoms with van der Waals surface area (Å²) in [6.07, 6.45) is 9.01. The lowest BCUT2D eigenvalue weighted by molar-refractivity contribution is -0.124. The molecule has 11 atom stereocenters. The molecule has 0 bridgehead atoms. The van der Waals surface area contributed by atoms with E-state index < -0.39 is 0 Å². The topological polar surface area (TPSA) is 35.5 Å². The number of rotatable bonds is 4. The van der Waals surface area contributed by atoms with Crippen molar-refractivity contribution in [3.63, 3.8) is 0 Å². The van der Waals surface area contributed by atoms with Crippen molar-refractivity contribution in [1.82, 2.24) is 0 Å². The zero-order valence-electron chi connectivity index (χ0n) is 24.6. The van der Waals surface area contributed by atoms with Crippen LogP contribution in [0.3, 0.4) is 0 Å². The van der Waals surface area contributed by atoms with Crippen molar-refractivity contribution in [3.8, 4) is 0 Å². The molecule has 1 aliphatic heterocycles. The van der Waals surface area contributed by atoms with Gasteiger partial charge < -0.3 is 9.31 Å². The second kappa shape index (κ2) is 10.1. The van der Waals surface area contributed by atoms with Crippen molar-refractivity contribution >= 4 is 12.9 Å². The van der Waals surface area contributed by atoms with Gasteiger partial charge in [-0.25, -0.2) is 0 Å². The number of carbonyl (C=O) groups is 1. The minimum absolute atomic E-state index is 0.0578. The van der Waals surface area contributed by atoms with Crippen LogP contribution < -0.4 is 0 Å². The Hall–Kier alpha value is -0.345. The minimum atomic E-state index is -0.235. The van der Waals surface area contributed by atoms with Crippen LogP contribution >= 0.6 is 0 Å². The van der Waals surface area contributed by atoms with Crippen LogP contribution in [0.25, 0.3) is 0 Å². The van der Waals surface area contributed by atoms with Gasteiger partial charge in [-0.15, -0.1) is 0 Å². The number of hydrogen-bond donors (Lipinski definition) is 0. The summed E-state index contributed by atoms with van der Waals surface area (Å²) in [5.41, 5.74) is -0.471. The van der Waals surface area contributed by atoms with Crippen molar-refractivity contribution in [2.24, 2.45) is 59.2 Å². The molecule has 4 rings (SSSR count). The third kappa shape index (κ3) is 5.32. The summed E-state index contributed by atoms with van der Waals surface area (Å²) in [5.74, 6) is 8.17. The number of Topliss-reactive ketones (excluding diaryl/α,β-unsaturated/α-hetero) is 1. The molecule has 0 aromatic carbocycles. The maximum atomic E-state index is 12.0. The normalized spacial score (nSPS) is 48.1. The molecular formula is C31H55BO3. The molecule has 3 aliphatic carbocycles. The average molecular weight is 487 g/mol. The summed E-state index contributed by atoms with van der Waals surface area (Å²) in [6, 6.07) is 0. The Morgan fingerprint density at radius 2 is 1.14 bits per heavy atom. The number of hydrogen-bond acceptors (Lipinski definition) is 3. The molecule has 1 saturated heterocycles. The van der Waals surface area contributed by atoms with Crippen LogP contribution in [0, 0.1) is 59.2 Å². The molecular weight excluding hydrogens is 431 g/mol. The lowest BCUT2D eigenvalue weighted by Crippen LogP contribution is -2.44. The summed E-state index contributed by atoms with van der Waals surface area (Å²) < 4.78 is 13.0. The highest BCUT2D eigenvalue weighted by atomic mass is 16.7. The second-order valence-electron chi connectivity index (χ2n) is 14.9. The standard InChI is InChI=1S/C31H55BO3/c1-18-13-24(11-12-25(18)23(6)33)26-14-20(3)27(15-19(26)2)28-16-22(5)29(17-21(28)4)32-34-30(7,8)31(9,10)35-32/h18-22,24-29H,11-17H2,1-10H3. The van der Waals surface area contributed by atoms with E-state index in [2.05, 4.69) is 62.3 Å². The fourth-order valence-corrected chi connectivity index (χ4v) is 9.07. The highest BCUT2D eigenvalue weighted by molar-refractivity contribution is 6.47. The van der Waals surface area contributed by atoms with Gasteiger partial charge in [-0.2, -0.15) is 0 Å². The summed E-state index contributed by atoms with van der Waals surface area (Å²) in [5, 5.41) is 0. The Bertz CT molecular complexity index is 746. The van der Waals surface area contributed by atoms with E-state index in [0.717, 1.165) is 47.8 Å². The van der Waals surface area contributed by atoms with Gasteiger partial charge in [-0.1, -0.05) is 34.6 Å². The van der Waals surface area contributed by atoms with E-state index in [-0.39, 0.29) is 18.3 Å². The van der Waals surface area contributed by atoms with Crippen molar-refractivity contribution in [3.05, 3.63) is 0 Å². The molecule has 4 heteroatoms. The largest absolute Gasteiger partial charge is 0.461 e. The first-order chi connectivity index (χ1) is 16.2. The van der Waals surface area contributed by atoms with Crippen molar-refractivity contribution < 1.29 is 14.1 Å². The van der Waals surface area contributed by atoms with Crippen molar-refractivity contribution in [2.45, 2.75) is 131 Å². The van der Waals surface area contributed by atoms with Crippen molar-refractivity contribution in [1.29, 1.82) is 0 Å². The first-order valence-corrected chi connectivity index (χ1v) is 15.1. The molecule has 4 fully saturated rings. The molecule has 0 N–H and O–H groups in total. The molecule has 200 valence electrons. The van der Waals surface area contributed by atoms with E-state index >= 15 is 0 Å².